The minimum Gasteiger partial charge on any atom is -0.499 e. The maximum atomic E-state index is 11.1. The van der Waals surface area contributed by atoms with Crippen LogP contribution >= 0.6 is 0 Å². The molecule has 1 amide bonds. The third kappa shape index (κ3) is 6.52. The fraction of sp³-hybridized carbons (Fsp3) is 0.727. The van der Waals surface area contributed by atoms with Crippen LogP contribution in [-0.4, -0.2) is 19.1 Å². The lowest BCUT2D eigenvalue weighted by Gasteiger charge is -2.08. The van der Waals surface area contributed by atoms with Gasteiger partial charge in [-0.05, 0) is 13.3 Å². The average Bonchev–Trinajstić information content (AvgIpc) is 2.12. The van der Waals surface area contributed by atoms with Crippen molar-refractivity contribution in [2.45, 2.75) is 33.6 Å². The molecule has 0 aromatic heterocycles. The molecule has 0 spiro atoms. The van der Waals surface area contributed by atoms with Crippen molar-refractivity contribution in [3.63, 3.8) is 0 Å². The number of nitrogens with one attached hydrogen (secondary N) is 1. The first kappa shape index (κ1) is 13.0. The van der Waals surface area contributed by atoms with Gasteiger partial charge in [0.25, 0.3) is 0 Å². The molecule has 0 heterocycles. The van der Waals surface area contributed by atoms with Crippen molar-refractivity contribution in [3.8, 4) is 0 Å². The minimum atomic E-state index is 0.0603. The van der Waals surface area contributed by atoms with Crippen LogP contribution in [0.3, 0.4) is 0 Å². The normalized spacial score (nSPS) is 10.0. The Labute approximate surface area is 86.5 Å². The van der Waals surface area contributed by atoms with Crippen molar-refractivity contribution in [3.05, 3.63) is 12.3 Å². The molecule has 3 heteroatoms. The lowest BCUT2D eigenvalue weighted by molar-refractivity contribution is -0.123. The summed E-state index contributed by atoms with van der Waals surface area (Å²) in [6.07, 6.45) is 1.70. The van der Waals surface area contributed by atoms with Crippen LogP contribution in [-0.2, 0) is 9.53 Å². The Hall–Kier alpha value is -0.990. The van der Waals surface area contributed by atoms with Gasteiger partial charge in [-0.1, -0.05) is 20.4 Å². The number of hydrogen-bond donors (Lipinski definition) is 1. The summed E-state index contributed by atoms with van der Waals surface area (Å²) in [5.74, 6) is 0.961. The van der Waals surface area contributed by atoms with Gasteiger partial charge >= 0.3 is 0 Å². The Morgan fingerprint density at radius 1 is 1.50 bits per heavy atom. The smallest absolute Gasteiger partial charge is 0.222 e. The maximum absolute atomic E-state index is 11.1. The van der Waals surface area contributed by atoms with E-state index in [9.17, 15) is 4.79 Å². The Bertz CT molecular complexity index is 188. The highest BCUT2D eigenvalue weighted by molar-refractivity contribution is 5.77. The van der Waals surface area contributed by atoms with Crippen molar-refractivity contribution >= 4 is 5.91 Å². The van der Waals surface area contributed by atoms with E-state index in [0.717, 1.165) is 18.6 Å². The highest BCUT2D eigenvalue weighted by atomic mass is 16.5. The molecule has 0 aromatic carbocycles. The third-order valence-corrected chi connectivity index (χ3v) is 1.80. The molecular formula is C11H21NO2. The number of amides is 1. The van der Waals surface area contributed by atoms with Crippen molar-refractivity contribution in [1.82, 2.24) is 5.32 Å². The van der Waals surface area contributed by atoms with Gasteiger partial charge in [-0.15, -0.1) is 0 Å². The van der Waals surface area contributed by atoms with Gasteiger partial charge in [-0.25, -0.2) is 0 Å². The quantitative estimate of drug-likeness (QED) is 0.503. The first-order valence-corrected chi connectivity index (χ1v) is 5.16. The van der Waals surface area contributed by atoms with Crippen LogP contribution in [0.15, 0.2) is 12.3 Å². The van der Waals surface area contributed by atoms with Crippen LogP contribution in [0, 0.1) is 5.92 Å². The van der Waals surface area contributed by atoms with E-state index in [-0.39, 0.29) is 11.8 Å². The van der Waals surface area contributed by atoms with Gasteiger partial charge in [-0.3, -0.25) is 4.79 Å². The highest BCUT2D eigenvalue weighted by Crippen LogP contribution is 2.02. The number of rotatable bonds is 7. The second kappa shape index (κ2) is 7.42. The molecule has 0 unspecified atom stereocenters. The summed E-state index contributed by atoms with van der Waals surface area (Å²) in [5, 5.41) is 2.84. The summed E-state index contributed by atoms with van der Waals surface area (Å²) in [5.41, 5.74) is 0. The monoisotopic (exact) mass is 199 g/mol. The number of carbonyl (C=O) groups excluding carboxylic acids is 1. The van der Waals surface area contributed by atoms with Crippen molar-refractivity contribution in [1.29, 1.82) is 0 Å². The summed E-state index contributed by atoms with van der Waals surface area (Å²) < 4.78 is 5.19. The predicted molar refractivity (Wildman–Crippen MR) is 57.8 cm³/mol. The number of carbonyl (C=O) groups is 1. The van der Waals surface area contributed by atoms with E-state index in [0.29, 0.717) is 13.2 Å². The maximum Gasteiger partial charge on any atom is 0.222 e. The molecule has 0 aromatic rings. The van der Waals surface area contributed by atoms with E-state index >= 15 is 0 Å². The predicted octanol–water partition coefficient (Wildman–Crippen LogP) is 2.09. The second-order valence-electron chi connectivity index (χ2n) is 3.52. The molecule has 0 aliphatic heterocycles. The molecule has 82 valence electrons. The van der Waals surface area contributed by atoms with Gasteiger partial charge in [-0.2, -0.15) is 0 Å². The molecule has 0 saturated carbocycles. The van der Waals surface area contributed by atoms with Gasteiger partial charge in [0, 0.05) is 18.9 Å². The van der Waals surface area contributed by atoms with E-state index in [1.807, 2.05) is 20.8 Å². The van der Waals surface area contributed by atoms with Gasteiger partial charge in [0.1, 0.15) is 0 Å². The molecule has 1 N–H and O–H groups in total. The number of allylic oxidation sites excluding steroid dienone is 1. The minimum absolute atomic E-state index is 0.0603. The van der Waals surface area contributed by atoms with E-state index in [1.165, 1.54) is 0 Å². The van der Waals surface area contributed by atoms with E-state index in [1.54, 1.807) is 0 Å². The summed E-state index contributed by atoms with van der Waals surface area (Å²) >= 11 is 0. The van der Waals surface area contributed by atoms with E-state index in [2.05, 4.69) is 11.9 Å². The standard InChI is InChI=1S/C11H21NO2/c1-5-14-10(4)7-6-8-12-11(13)9(2)3/h9H,4-8H2,1-3H3,(H,12,13). The third-order valence-electron chi connectivity index (χ3n) is 1.80. The summed E-state index contributed by atoms with van der Waals surface area (Å²) in [7, 11) is 0. The van der Waals surface area contributed by atoms with Gasteiger partial charge in [0.15, 0.2) is 0 Å². The number of hydrogen-bond acceptors (Lipinski definition) is 2. The highest BCUT2D eigenvalue weighted by Gasteiger charge is 2.04. The van der Waals surface area contributed by atoms with Gasteiger partial charge < -0.3 is 10.1 Å². The summed E-state index contributed by atoms with van der Waals surface area (Å²) in [6, 6.07) is 0. The molecule has 0 atom stereocenters. The van der Waals surface area contributed by atoms with Crippen molar-refractivity contribution in [2.24, 2.45) is 5.92 Å². The van der Waals surface area contributed by atoms with Gasteiger partial charge in [0.05, 0.1) is 12.4 Å². The Morgan fingerprint density at radius 2 is 2.14 bits per heavy atom. The lowest BCUT2D eigenvalue weighted by Crippen LogP contribution is -2.28. The van der Waals surface area contributed by atoms with Crippen molar-refractivity contribution in [2.75, 3.05) is 13.2 Å². The fourth-order valence-electron chi connectivity index (χ4n) is 0.978. The van der Waals surface area contributed by atoms with Gasteiger partial charge in [0.2, 0.25) is 5.91 Å². The first-order chi connectivity index (χ1) is 6.57. The van der Waals surface area contributed by atoms with E-state index in [4.69, 9.17) is 4.74 Å². The zero-order chi connectivity index (χ0) is 11.0. The van der Waals surface area contributed by atoms with Crippen LogP contribution in [0.2, 0.25) is 0 Å². The number of ether oxygens (including phenoxy) is 1. The summed E-state index contributed by atoms with van der Waals surface area (Å²) in [6.45, 7) is 10.8. The van der Waals surface area contributed by atoms with Crippen LogP contribution in [0.1, 0.15) is 33.6 Å². The molecule has 0 rings (SSSR count). The molecule has 0 aliphatic carbocycles. The SMILES string of the molecule is C=C(CCCNC(=O)C(C)C)OCC. The second-order valence-corrected chi connectivity index (χ2v) is 3.52. The Balaban J connectivity index is 3.38. The van der Waals surface area contributed by atoms with Crippen molar-refractivity contribution < 1.29 is 9.53 Å². The molecule has 0 aliphatic rings. The Morgan fingerprint density at radius 3 is 2.64 bits per heavy atom. The van der Waals surface area contributed by atoms with Crippen LogP contribution in [0.4, 0.5) is 0 Å². The zero-order valence-corrected chi connectivity index (χ0v) is 9.43. The summed E-state index contributed by atoms with van der Waals surface area (Å²) in [4.78, 5) is 11.1. The van der Waals surface area contributed by atoms with Crippen LogP contribution in [0.25, 0.3) is 0 Å². The lowest BCUT2D eigenvalue weighted by atomic mass is 10.2. The molecular weight excluding hydrogens is 178 g/mol. The fourth-order valence-corrected chi connectivity index (χ4v) is 0.978. The molecule has 14 heavy (non-hydrogen) atoms. The largest absolute Gasteiger partial charge is 0.499 e. The average molecular weight is 199 g/mol. The zero-order valence-electron chi connectivity index (χ0n) is 9.43. The Kier molecular flexibility index (Phi) is 6.89. The van der Waals surface area contributed by atoms with E-state index < -0.39 is 0 Å². The first-order valence-electron chi connectivity index (χ1n) is 5.16. The molecule has 0 radical (unpaired) electrons. The molecule has 0 fully saturated rings. The van der Waals surface area contributed by atoms with Crippen LogP contribution in [0.5, 0.6) is 0 Å². The van der Waals surface area contributed by atoms with Crippen LogP contribution < -0.4 is 5.32 Å². The molecule has 0 bridgehead atoms. The molecule has 3 nitrogen and oxygen atoms in total. The topological polar surface area (TPSA) is 38.3 Å². The molecule has 0 saturated heterocycles.